The Balaban J connectivity index is 1.73. The SMILES string of the molecule is CCCC(=O)Nc1cc(F)cc(C(=O)N2CCCC(C(=O)c3cccs3)C2)c1. The summed E-state index contributed by atoms with van der Waals surface area (Å²) in [5, 5.41) is 4.49. The molecule has 1 unspecified atom stereocenters. The van der Waals surface area contributed by atoms with Crippen molar-refractivity contribution in [1.29, 1.82) is 0 Å². The van der Waals surface area contributed by atoms with Crippen LogP contribution in [-0.4, -0.2) is 35.6 Å². The van der Waals surface area contributed by atoms with Gasteiger partial charge < -0.3 is 10.2 Å². The van der Waals surface area contributed by atoms with E-state index in [4.69, 9.17) is 0 Å². The second kappa shape index (κ2) is 9.10. The van der Waals surface area contributed by atoms with E-state index in [0.29, 0.717) is 30.8 Å². The minimum absolute atomic E-state index is 0.0549. The molecule has 0 saturated carbocycles. The number of rotatable bonds is 6. The van der Waals surface area contributed by atoms with E-state index in [0.717, 1.165) is 12.8 Å². The van der Waals surface area contributed by atoms with Gasteiger partial charge in [0.05, 0.1) is 4.88 Å². The number of hydrogen-bond donors (Lipinski definition) is 1. The molecule has 1 fully saturated rings. The first kappa shape index (κ1) is 20.2. The van der Waals surface area contributed by atoms with Crippen molar-refractivity contribution < 1.29 is 18.8 Å². The monoisotopic (exact) mass is 402 g/mol. The largest absolute Gasteiger partial charge is 0.338 e. The molecule has 28 heavy (non-hydrogen) atoms. The van der Waals surface area contributed by atoms with Crippen molar-refractivity contribution in [2.45, 2.75) is 32.6 Å². The number of carbonyl (C=O) groups is 3. The first-order chi connectivity index (χ1) is 13.5. The number of nitrogens with one attached hydrogen (secondary N) is 1. The fourth-order valence-corrected chi connectivity index (χ4v) is 4.16. The number of likely N-dealkylation sites (tertiary alicyclic amines) is 1. The van der Waals surface area contributed by atoms with Gasteiger partial charge in [-0.15, -0.1) is 11.3 Å². The number of halogens is 1. The summed E-state index contributed by atoms with van der Waals surface area (Å²) in [6.45, 7) is 2.73. The summed E-state index contributed by atoms with van der Waals surface area (Å²) in [5.74, 6) is -1.31. The molecule has 0 radical (unpaired) electrons. The zero-order valence-electron chi connectivity index (χ0n) is 15.7. The van der Waals surface area contributed by atoms with Crippen molar-refractivity contribution in [2.75, 3.05) is 18.4 Å². The van der Waals surface area contributed by atoms with Gasteiger partial charge in [0.2, 0.25) is 5.91 Å². The van der Waals surface area contributed by atoms with Crippen molar-refractivity contribution >= 4 is 34.6 Å². The average Bonchev–Trinajstić information content (AvgIpc) is 3.21. The van der Waals surface area contributed by atoms with E-state index in [1.807, 2.05) is 18.4 Å². The maximum Gasteiger partial charge on any atom is 0.254 e. The van der Waals surface area contributed by atoms with E-state index >= 15 is 0 Å². The molecule has 1 N–H and O–H groups in total. The van der Waals surface area contributed by atoms with Gasteiger partial charge in [0.1, 0.15) is 5.82 Å². The first-order valence-corrected chi connectivity index (χ1v) is 10.3. The topological polar surface area (TPSA) is 66.5 Å². The minimum atomic E-state index is -0.583. The highest BCUT2D eigenvalue weighted by molar-refractivity contribution is 7.12. The average molecular weight is 402 g/mol. The summed E-state index contributed by atoms with van der Waals surface area (Å²) in [6, 6.07) is 7.49. The molecule has 3 rings (SSSR count). The number of nitrogens with zero attached hydrogens (tertiary/aromatic N) is 1. The normalized spacial score (nSPS) is 16.6. The highest BCUT2D eigenvalue weighted by atomic mass is 32.1. The predicted octanol–water partition coefficient (Wildman–Crippen LogP) is 4.36. The van der Waals surface area contributed by atoms with E-state index in [1.165, 1.54) is 29.5 Å². The third kappa shape index (κ3) is 4.84. The first-order valence-electron chi connectivity index (χ1n) is 9.45. The Kier molecular flexibility index (Phi) is 6.57. The molecular formula is C21H23FN2O3S. The Morgan fingerprint density at radius 2 is 2.11 bits per heavy atom. The lowest BCUT2D eigenvalue weighted by molar-refractivity contribution is -0.116. The summed E-state index contributed by atoms with van der Waals surface area (Å²) in [5.41, 5.74) is 0.445. The summed E-state index contributed by atoms with van der Waals surface area (Å²) in [6.07, 6.45) is 2.48. The van der Waals surface area contributed by atoms with Gasteiger partial charge in [-0.25, -0.2) is 4.39 Å². The number of thiophene rings is 1. The Labute approximate surface area is 167 Å². The summed E-state index contributed by atoms with van der Waals surface area (Å²) in [4.78, 5) is 39.6. The third-order valence-corrected chi connectivity index (χ3v) is 5.63. The van der Waals surface area contributed by atoms with E-state index in [9.17, 15) is 18.8 Å². The van der Waals surface area contributed by atoms with Crippen molar-refractivity contribution in [3.8, 4) is 0 Å². The van der Waals surface area contributed by atoms with Gasteiger partial charge in [0.15, 0.2) is 5.78 Å². The smallest absolute Gasteiger partial charge is 0.254 e. The minimum Gasteiger partial charge on any atom is -0.338 e. The number of ketones is 1. The lowest BCUT2D eigenvalue weighted by Gasteiger charge is -2.32. The van der Waals surface area contributed by atoms with E-state index in [1.54, 1.807) is 11.0 Å². The van der Waals surface area contributed by atoms with Crippen LogP contribution in [0.3, 0.4) is 0 Å². The molecule has 1 aromatic carbocycles. The van der Waals surface area contributed by atoms with Gasteiger partial charge in [-0.3, -0.25) is 14.4 Å². The highest BCUT2D eigenvalue weighted by Crippen LogP contribution is 2.25. The molecule has 1 atom stereocenters. The predicted molar refractivity (Wildman–Crippen MR) is 107 cm³/mol. The number of piperidine rings is 1. The maximum absolute atomic E-state index is 14.0. The van der Waals surface area contributed by atoms with E-state index in [2.05, 4.69) is 5.32 Å². The van der Waals surface area contributed by atoms with Crippen LogP contribution in [0.25, 0.3) is 0 Å². The number of Topliss-reactive ketones (excluding diaryl/α,β-unsaturated/α-hetero) is 1. The van der Waals surface area contributed by atoms with Crippen LogP contribution in [0, 0.1) is 11.7 Å². The lowest BCUT2D eigenvalue weighted by Crippen LogP contribution is -2.42. The molecule has 0 spiro atoms. The molecule has 7 heteroatoms. The Morgan fingerprint density at radius 1 is 1.29 bits per heavy atom. The molecule has 1 saturated heterocycles. The van der Waals surface area contributed by atoms with Crippen molar-refractivity contribution in [3.63, 3.8) is 0 Å². The van der Waals surface area contributed by atoms with Gasteiger partial charge in [-0.1, -0.05) is 13.0 Å². The number of carbonyl (C=O) groups excluding carboxylic acids is 3. The lowest BCUT2D eigenvalue weighted by atomic mass is 9.92. The standard InChI is InChI=1S/C21H23FN2O3S/c1-2-5-19(25)23-17-11-15(10-16(22)12-17)21(27)24-8-3-6-14(13-24)20(26)18-7-4-9-28-18/h4,7,9-12,14H,2-3,5-6,8,13H2,1H3,(H,23,25). The van der Waals surface area contributed by atoms with Crippen LogP contribution in [0.15, 0.2) is 35.7 Å². The molecule has 1 aliphatic rings. The maximum atomic E-state index is 14.0. The Morgan fingerprint density at radius 3 is 2.82 bits per heavy atom. The summed E-state index contributed by atoms with van der Waals surface area (Å²) in [7, 11) is 0. The molecule has 1 aromatic heterocycles. The van der Waals surface area contributed by atoms with Gasteiger partial charge >= 0.3 is 0 Å². The zero-order chi connectivity index (χ0) is 20.1. The zero-order valence-corrected chi connectivity index (χ0v) is 16.6. The molecule has 1 aliphatic heterocycles. The fraction of sp³-hybridized carbons (Fsp3) is 0.381. The van der Waals surface area contributed by atoms with Crippen LogP contribution < -0.4 is 5.32 Å². The number of amides is 2. The van der Waals surface area contributed by atoms with Crippen LogP contribution in [0.1, 0.15) is 52.6 Å². The van der Waals surface area contributed by atoms with Crippen LogP contribution in [0.5, 0.6) is 0 Å². The molecule has 148 valence electrons. The Bertz CT molecular complexity index is 867. The molecule has 0 bridgehead atoms. The van der Waals surface area contributed by atoms with E-state index < -0.39 is 5.82 Å². The second-order valence-electron chi connectivity index (χ2n) is 6.96. The van der Waals surface area contributed by atoms with Crippen LogP contribution in [0.2, 0.25) is 0 Å². The second-order valence-corrected chi connectivity index (χ2v) is 7.91. The summed E-state index contributed by atoms with van der Waals surface area (Å²) < 4.78 is 14.0. The van der Waals surface area contributed by atoms with Crippen molar-refractivity contribution in [2.24, 2.45) is 5.92 Å². The number of benzene rings is 1. The molecule has 2 amide bonds. The fourth-order valence-electron chi connectivity index (χ4n) is 3.41. The van der Waals surface area contributed by atoms with Gasteiger partial charge in [-0.2, -0.15) is 0 Å². The third-order valence-electron chi connectivity index (χ3n) is 4.75. The van der Waals surface area contributed by atoms with Crippen LogP contribution >= 0.6 is 11.3 Å². The van der Waals surface area contributed by atoms with Gasteiger partial charge in [0.25, 0.3) is 5.91 Å². The molecule has 2 aromatic rings. The molecule has 0 aliphatic carbocycles. The van der Waals surface area contributed by atoms with Gasteiger partial charge in [-0.05, 0) is 48.9 Å². The van der Waals surface area contributed by atoms with Crippen LogP contribution in [-0.2, 0) is 4.79 Å². The molecule has 5 nitrogen and oxygen atoms in total. The van der Waals surface area contributed by atoms with Crippen molar-refractivity contribution in [3.05, 3.63) is 52.0 Å². The molecular weight excluding hydrogens is 379 g/mol. The van der Waals surface area contributed by atoms with Crippen molar-refractivity contribution in [1.82, 2.24) is 4.90 Å². The van der Waals surface area contributed by atoms with E-state index in [-0.39, 0.29) is 34.8 Å². The quantitative estimate of drug-likeness (QED) is 0.730. The highest BCUT2D eigenvalue weighted by Gasteiger charge is 2.30. The Hall–Kier alpha value is -2.54. The summed E-state index contributed by atoms with van der Waals surface area (Å²) >= 11 is 1.40. The molecule has 2 heterocycles. The van der Waals surface area contributed by atoms with Gasteiger partial charge in [0, 0.05) is 36.7 Å². The van der Waals surface area contributed by atoms with Crippen LogP contribution in [0.4, 0.5) is 10.1 Å². The number of hydrogen-bond acceptors (Lipinski definition) is 4. The number of anilines is 1.